The van der Waals surface area contributed by atoms with E-state index < -0.39 is 35.6 Å². The Labute approximate surface area is 146 Å². The van der Waals surface area contributed by atoms with Gasteiger partial charge in [0.15, 0.2) is 5.69 Å². The number of non-ortho nitro benzene ring substituents is 1. The molecule has 2 rings (SSSR count). The molecule has 1 aromatic carbocycles. The zero-order valence-electron chi connectivity index (χ0n) is 13.6. The minimum atomic E-state index is -1.37. The summed E-state index contributed by atoms with van der Waals surface area (Å²) < 4.78 is 1.15. The monoisotopic (exact) mass is 364 g/mol. The number of aryl methyl sites for hydroxylation is 1. The molecular formula is C15H16N4O7. The summed E-state index contributed by atoms with van der Waals surface area (Å²) in [5, 5.41) is 45.6. The number of carboxylic acids is 1. The molecule has 138 valence electrons. The van der Waals surface area contributed by atoms with Crippen LogP contribution in [0.3, 0.4) is 0 Å². The van der Waals surface area contributed by atoms with Crippen molar-refractivity contribution in [1.29, 1.82) is 0 Å². The molecule has 4 N–H and O–H groups in total. The van der Waals surface area contributed by atoms with Crippen LogP contribution in [0.1, 0.15) is 32.5 Å². The topological polar surface area (TPSA) is 168 Å². The lowest BCUT2D eigenvalue weighted by Gasteiger charge is -2.22. The average molecular weight is 364 g/mol. The Bertz CT molecular complexity index is 831. The van der Waals surface area contributed by atoms with Gasteiger partial charge in [0, 0.05) is 25.4 Å². The van der Waals surface area contributed by atoms with E-state index >= 15 is 0 Å². The molecule has 0 aliphatic rings. The molecule has 0 aliphatic heterocycles. The summed E-state index contributed by atoms with van der Waals surface area (Å²) in [6.45, 7) is -0.654. The maximum atomic E-state index is 12.3. The summed E-state index contributed by atoms with van der Waals surface area (Å²) in [4.78, 5) is 33.5. The first kappa shape index (κ1) is 19.0. The van der Waals surface area contributed by atoms with Gasteiger partial charge >= 0.3 is 5.97 Å². The Kier molecular flexibility index (Phi) is 5.64. The lowest BCUT2D eigenvalue weighted by atomic mass is 10.0. The van der Waals surface area contributed by atoms with Gasteiger partial charge in [-0.2, -0.15) is 5.10 Å². The predicted octanol–water partition coefficient (Wildman–Crippen LogP) is -0.149. The predicted molar refractivity (Wildman–Crippen MR) is 86.6 cm³/mol. The number of carboxylic acid groups (broad SMARTS) is 1. The fourth-order valence-corrected chi connectivity index (χ4v) is 2.30. The van der Waals surface area contributed by atoms with Gasteiger partial charge < -0.3 is 20.6 Å². The summed E-state index contributed by atoms with van der Waals surface area (Å²) in [6.07, 6.45) is -0.223. The number of amides is 1. The Morgan fingerprint density at radius 1 is 1.35 bits per heavy atom. The first-order chi connectivity index (χ1) is 12.2. The number of aliphatic hydroxyl groups excluding tert-OH is 2. The number of hydrogen-bond acceptors (Lipinski definition) is 7. The molecule has 0 aliphatic carbocycles. The number of aliphatic hydroxyl groups is 2. The van der Waals surface area contributed by atoms with Gasteiger partial charge in [-0.3, -0.25) is 19.6 Å². The highest BCUT2D eigenvalue weighted by atomic mass is 16.6. The van der Waals surface area contributed by atoms with Gasteiger partial charge in [-0.1, -0.05) is 0 Å². The number of carbonyl (C=O) groups excluding carboxylic acids is 1. The van der Waals surface area contributed by atoms with E-state index in [1.807, 2.05) is 0 Å². The highest BCUT2D eigenvalue weighted by Crippen LogP contribution is 2.21. The van der Waals surface area contributed by atoms with Crippen LogP contribution in [0.5, 0.6) is 0 Å². The van der Waals surface area contributed by atoms with Crippen molar-refractivity contribution < 1.29 is 29.8 Å². The number of carbonyl (C=O) groups is 2. The summed E-state index contributed by atoms with van der Waals surface area (Å²) in [6, 6.07) is 3.77. The number of aromatic nitrogens is 2. The van der Waals surface area contributed by atoms with Gasteiger partial charge in [-0.05, 0) is 17.7 Å². The maximum absolute atomic E-state index is 12.3. The molecule has 0 fully saturated rings. The van der Waals surface area contributed by atoms with Crippen molar-refractivity contribution in [3.05, 3.63) is 57.4 Å². The SMILES string of the molecule is Cn1cc(C(=O)O)c(C(=O)NC(CO)C(O)c2ccc([N+](=O)[O-])cc2)n1. The maximum Gasteiger partial charge on any atom is 0.339 e. The van der Waals surface area contributed by atoms with E-state index in [9.17, 15) is 29.9 Å². The number of hydrogen-bond donors (Lipinski definition) is 4. The van der Waals surface area contributed by atoms with Gasteiger partial charge in [0.1, 0.15) is 11.7 Å². The van der Waals surface area contributed by atoms with Crippen molar-refractivity contribution in [1.82, 2.24) is 15.1 Å². The first-order valence-corrected chi connectivity index (χ1v) is 7.35. The van der Waals surface area contributed by atoms with E-state index in [1.54, 1.807) is 0 Å². The van der Waals surface area contributed by atoms with E-state index in [2.05, 4.69) is 10.4 Å². The first-order valence-electron chi connectivity index (χ1n) is 7.35. The Morgan fingerprint density at radius 3 is 2.46 bits per heavy atom. The molecule has 1 amide bonds. The summed E-state index contributed by atoms with van der Waals surface area (Å²) in [7, 11) is 1.44. The number of rotatable bonds is 7. The second-order valence-electron chi connectivity index (χ2n) is 5.43. The molecule has 2 aromatic rings. The number of benzene rings is 1. The normalized spacial score (nSPS) is 13.0. The summed E-state index contributed by atoms with van der Waals surface area (Å²) in [5.41, 5.74) is -0.639. The quantitative estimate of drug-likeness (QED) is 0.388. The molecule has 2 atom stereocenters. The van der Waals surface area contributed by atoms with Gasteiger partial charge in [0.05, 0.1) is 17.6 Å². The standard InChI is InChI=1S/C15H16N4O7/c1-18-6-10(15(23)24)12(17-18)14(22)16-11(7-20)13(21)8-2-4-9(5-3-8)19(25)26/h2-6,11,13,20-21H,7H2,1H3,(H,16,22)(H,23,24). The van der Waals surface area contributed by atoms with Crippen LogP contribution >= 0.6 is 0 Å². The summed E-state index contributed by atoms with van der Waals surface area (Å²) in [5.74, 6) is -2.23. The smallest absolute Gasteiger partial charge is 0.339 e. The summed E-state index contributed by atoms with van der Waals surface area (Å²) >= 11 is 0. The van der Waals surface area contributed by atoms with Crippen LogP contribution in [0.15, 0.2) is 30.5 Å². The lowest BCUT2D eigenvalue weighted by molar-refractivity contribution is -0.384. The van der Waals surface area contributed by atoms with Gasteiger partial charge in [-0.25, -0.2) is 4.79 Å². The Morgan fingerprint density at radius 2 is 1.96 bits per heavy atom. The molecule has 0 bridgehead atoms. The van der Waals surface area contributed by atoms with Crippen LogP contribution in [0.2, 0.25) is 0 Å². The fraction of sp³-hybridized carbons (Fsp3) is 0.267. The second kappa shape index (κ2) is 7.72. The van der Waals surface area contributed by atoms with Crippen molar-refractivity contribution in [3.8, 4) is 0 Å². The molecule has 0 radical (unpaired) electrons. The van der Waals surface area contributed by atoms with E-state index in [4.69, 9.17) is 5.11 Å². The van der Waals surface area contributed by atoms with Crippen LogP contribution < -0.4 is 5.32 Å². The van der Waals surface area contributed by atoms with Crippen LogP contribution in [-0.4, -0.2) is 54.5 Å². The third-order valence-electron chi connectivity index (χ3n) is 3.61. The fourth-order valence-electron chi connectivity index (χ4n) is 2.30. The number of nitrogens with zero attached hydrogens (tertiary/aromatic N) is 3. The Hall–Kier alpha value is -3.31. The van der Waals surface area contributed by atoms with Gasteiger partial charge in [0.2, 0.25) is 0 Å². The zero-order valence-corrected chi connectivity index (χ0v) is 13.6. The largest absolute Gasteiger partial charge is 0.478 e. The Balaban J connectivity index is 2.19. The minimum Gasteiger partial charge on any atom is -0.478 e. The zero-order chi connectivity index (χ0) is 19.4. The van der Waals surface area contributed by atoms with Crippen molar-refractivity contribution in [2.24, 2.45) is 7.05 Å². The van der Waals surface area contributed by atoms with E-state index in [0.29, 0.717) is 0 Å². The molecule has 2 unspecified atom stereocenters. The highest BCUT2D eigenvalue weighted by Gasteiger charge is 2.27. The average Bonchev–Trinajstić information content (AvgIpc) is 3.01. The molecular weight excluding hydrogens is 348 g/mol. The van der Waals surface area contributed by atoms with Gasteiger partial charge in [-0.15, -0.1) is 0 Å². The highest BCUT2D eigenvalue weighted by molar-refractivity contribution is 6.03. The van der Waals surface area contributed by atoms with Crippen LogP contribution in [0.4, 0.5) is 5.69 Å². The van der Waals surface area contributed by atoms with Crippen molar-refractivity contribution in [2.75, 3.05) is 6.61 Å². The second-order valence-corrected chi connectivity index (χ2v) is 5.43. The molecule has 11 heteroatoms. The molecule has 1 aromatic heterocycles. The lowest BCUT2D eigenvalue weighted by Crippen LogP contribution is -2.42. The molecule has 0 spiro atoms. The van der Waals surface area contributed by atoms with Crippen molar-refractivity contribution in [3.63, 3.8) is 0 Å². The van der Waals surface area contributed by atoms with Gasteiger partial charge in [0.25, 0.3) is 11.6 Å². The third kappa shape index (κ3) is 4.02. The third-order valence-corrected chi connectivity index (χ3v) is 3.61. The molecule has 1 heterocycles. The number of nitro groups is 1. The van der Waals surface area contributed by atoms with Crippen molar-refractivity contribution >= 4 is 17.6 Å². The molecule has 26 heavy (non-hydrogen) atoms. The van der Waals surface area contributed by atoms with Crippen LogP contribution in [-0.2, 0) is 7.05 Å². The van der Waals surface area contributed by atoms with Crippen molar-refractivity contribution in [2.45, 2.75) is 12.1 Å². The van der Waals surface area contributed by atoms with E-state index in [0.717, 1.165) is 10.9 Å². The van der Waals surface area contributed by atoms with Crippen LogP contribution in [0.25, 0.3) is 0 Å². The number of nitro benzene ring substituents is 1. The molecule has 0 saturated carbocycles. The number of aromatic carboxylic acids is 1. The van der Waals surface area contributed by atoms with Crippen LogP contribution in [0, 0.1) is 10.1 Å². The van der Waals surface area contributed by atoms with E-state index in [-0.39, 0.29) is 22.5 Å². The molecule has 11 nitrogen and oxygen atoms in total. The molecule has 0 saturated heterocycles. The van der Waals surface area contributed by atoms with E-state index in [1.165, 1.54) is 31.3 Å². The minimum absolute atomic E-state index is 0.176. The number of nitrogens with one attached hydrogen (secondary N) is 1.